The number of nitrogens with zero attached hydrogens (tertiary/aromatic N) is 1. The van der Waals surface area contributed by atoms with E-state index in [0.29, 0.717) is 4.83 Å². The Morgan fingerprint density at radius 2 is 1.95 bits per heavy atom. The number of hydrogen-bond donors (Lipinski definition) is 0. The summed E-state index contributed by atoms with van der Waals surface area (Å²) in [5, 5.41) is 0. The molecule has 0 N–H and O–H groups in total. The maximum Gasteiger partial charge on any atom is 0.119 e. The molecular weight excluding hydrogens is 306 g/mol. The van der Waals surface area contributed by atoms with Crippen molar-refractivity contribution in [1.29, 1.82) is 0 Å². The van der Waals surface area contributed by atoms with Gasteiger partial charge in [-0.15, -0.1) is 0 Å². The molecule has 1 aliphatic heterocycles. The fourth-order valence-electron chi connectivity index (χ4n) is 2.37. The molecule has 2 unspecified atom stereocenters. The Morgan fingerprint density at radius 1 is 1.26 bits per heavy atom. The van der Waals surface area contributed by atoms with Gasteiger partial charge in [-0.2, -0.15) is 0 Å². The molecule has 0 aromatic heterocycles. The third-order valence-electron chi connectivity index (χ3n) is 3.62. The lowest BCUT2D eigenvalue weighted by Crippen LogP contribution is -2.41. The van der Waals surface area contributed by atoms with Crippen LogP contribution in [0, 0.1) is 5.92 Å². The van der Waals surface area contributed by atoms with Crippen LogP contribution in [0.3, 0.4) is 0 Å². The summed E-state index contributed by atoms with van der Waals surface area (Å²) in [6, 6.07) is 7.75. The van der Waals surface area contributed by atoms with Crippen LogP contribution in [0.25, 0.3) is 0 Å². The molecule has 0 bridgehead atoms. The Bertz CT molecular complexity index is 382. The van der Waals surface area contributed by atoms with E-state index in [0.717, 1.165) is 43.7 Å². The third kappa shape index (κ3) is 4.39. The summed E-state index contributed by atoms with van der Waals surface area (Å²) < 4.78 is 10.9. The molecule has 19 heavy (non-hydrogen) atoms. The number of likely N-dealkylation sites (tertiary alicyclic amines) is 1. The van der Waals surface area contributed by atoms with Crippen molar-refractivity contribution in [3.63, 3.8) is 0 Å². The summed E-state index contributed by atoms with van der Waals surface area (Å²) in [7, 11) is 1.67. The zero-order valence-electron chi connectivity index (χ0n) is 11.6. The predicted octanol–water partition coefficient (Wildman–Crippen LogP) is 3.18. The van der Waals surface area contributed by atoms with E-state index in [1.807, 2.05) is 24.3 Å². The monoisotopic (exact) mass is 327 g/mol. The van der Waals surface area contributed by atoms with Gasteiger partial charge in [-0.25, -0.2) is 0 Å². The van der Waals surface area contributed by atoms with Crippen molar-refractivity contribution in [2.45, 2.75) is 18.2 Å². The minimum absolute atomic E-state index is 0.672. The van der Waals surface area contributed by atoms with Gasteiger partial charge in [-0.1, -0.05) is 22.9 Å². The molecule has 1 fully saturated rings. The average Bonchev–Trinajstić information content (AvgIpc) is 2.43. The first-order chi connectivity index (χ1) is 9.19. The van der Waals surface area contributed by atoms with Crippen LogP contribution in [-0.4, -0.2) is 43.1 Å². The Labute approximate surface area is 124 Å². The van der Waals surface area contributed by atoms with E-state index in [2.05, 4.69) is 27.8 Å². The van der Waals surface area contributed by atoms with E-state index in [1.165, 1.54) is 6.42 Å². The van der Waals surface area contributed by atoms with Crippen molar-refractivity contribution >= 4 is 15.9 Å². The van der Waals surface area contributed by atoms with Crippen LogP contribution >= 0.6 is 15.9 Å². The maximum absolute atomic E-state index is 5.76. The summed E-state index contributed by atoms with van der Waals surface area (Å²) in [6.45, 7) is 6.35. The number of benzene rings is 1. The first kappa shape index (κ1) is 14.7. The van der Waals surface area contributed by atoms with Crippen molar-refractivity contribution in [2.75, 3.05) is 33.4 Å². The van der Waals surface area contributed by atoms with Gasteiger partial charge in [0, 0.05) is 17.9 Å². The van der Waals surface area contributed by atoms with Crippen LogP contribution in [0.1, 0.15) is 13.3 Å². The number of alkyl halides is 1. The summed E-state index contributed by atoms with van der Waals surface area (Å²) in [6.07, 6.45) is 1.23. The second-order valence-electron chi connectivity index (χ2n) is 5.11. The molecule has 0 aliphatic carbocycles. The highest BCUT2D eigenvalue weighted by atomic mass is 79.9. The SMILES string of the molecule is COc1ccc(OCCN2CCC(Br)C(C)C2)cc1. The molecule has 1 saturated heterocycles. The van der Waals surface area contributed by atoms with Crippen molar-refractivity contribution < 1.29 is 9.47 Å². The summed E-state index contributed by atoms with van der Waals surface area (Å²) in [4.78, 5) is 3.15. The molecule has 4 heteroatoms. The molecule has 0 saturated carbocycles. The van der Waals surface area contributed by atoms with Crippen LogP contribution in [0.4, 0.5) is 0 Å². The van der Waals surface area contributed by atoms with E-state index in [4.69, 9.17) is 9.47 Å². The van der Waals surface area contributed by atoms with E-state index in [-0.39, 0.29) is 0 Å². The van der Waals surface area contributed by atoms with Gasteiger partial charge in [0.1, 0.15) is 18.1 Å². The van der Waals surface area contributed by atoms with Crippen LogP contribution in [-0.2, 0) is 0 Å². The maximum atomic E-state index is 5.76. The van der Waals surface area contributed by atoms with E-state index in [9.17, 15) is 0 Å². The van der Waals surface area contributed by atoms with Gasteiger partial charge in [-0.3, -0.25) is 4.90 Å². The van der Waals surface area contributed by atoms with Crippen LogP contribution < -0.4 is 9.47 Å². The predicted molar refractivity (Wildman–Crippen MR) is 81.4 cm³/mol. The van der Waals surface area contributed by atoms with Crippen LogP contribution in [0.5, 0.6) is 11.5 Å². The molecule has 1 aromatic carbocycles. The van der Waals surface area contributed by atoms with Crippen LogP contribution in [0.15, 0.2) is 24.3 Å². The van der Waals surface area contributed by atoms with Gasteiger partial charge in [0.15, 0.2) is 0 Å². The van der Waals surface area contributed by atoms with Crippen molar-refractivity contribution in [2.24, 2.45) is 5.92 Å². The molecule has 2 atom stereocenters. The third-order valence-corrected chi connectivity index (χ3v) is 4.98. The lowest BCUT2D eigenvalue weighted by Gasteiger charge is -2.34. The standard InChI is InChI=1S/C15H22BrNO2/c1-12-11-17(8-7-15(12)16)9-10-19-14-5-3-13(18-2)4-6-14/h3-6,12,15H,7-11H2,1-2H3. The van der Waals surface area contributed by atoms with Gasteiger partial charge in [-0.05, 0) is 43.1 Å². The average molecular weight is 328 g/mol. The topological polar surface area (TPSA) is 21.7 Å². The second-order valence-corrected chi connectivity index (χ2v) is 6.28. The van der Waals surface area contributed by atoms with Gasteiger partial charge in [0.25, 0.3) is 0 Å². The quantitative estimate of drug-likeness (QED) is 0.775. The zero-order chi connectivity index (χ0) is 13.7. The lowest BCUT2D eigenvalue weighted by molar-refractivity contribution is 0.158. The fourth-order valence-corrected chi connectivity index (χ4v) is 2.74. The smallest absolute Gasteiger partial charge is 0.119 e. The lowest BCUT2D eigenvalue weighted by atomic mass is 10.0. The number of piperidine rings is 1. The first-order valence-corrected chi connectivity index (χ1v) is 7.74. The normalized spacial score (nSPS) is 24.2. The highest BCUT2D eigenvalue weighted by Gasteiger charge is 2.23. The largest absolute Gasteiger partial charge is 0.497 e. The molecule has 0 radical (unpaired) electrons. The second kappa shape index (κ2) is 7.15. The molecule has 0 spiro atoms. The molecule has 1 aromatic rings. The number of halogens is 1. The molecule has 1 heterocycles. The van der Waals surface area contributed by atoms with Gasteiger partial charge in [0.05, 0.1) is 7.11 Å². The summed E-state index contributed by atoms with van der Waals surface area (Å²) in [5.41, 5.74) is 0. The Hall–Kier alpha value is -0.740. The molecule has 3 nitrogen and oxygen atoms in total. The molecule has 2 rings (SSSR count). The molecule has 106 valence electrons. The van der Waals surface area contributed by atoms with E-state index in [1.54, 1.807) is 7.11 Å². The van der Waals surface area contributed by atoms with Crippen molar-refractivity contribution in [1.82, 2.24) is 4.90 Å². The van der Waals surface area contributed by atoms with Crippen LogP contribution in [0.2, 0.25) is 0 Å². The molecule has 0 amide bonds. The fraction of sp³-hybridized carbons (Fsp3) is 0.600. The van der Waals surface area contributed by atoms with Gasteiger partial charge in [0.2, 0.25) is 0 Å². The number of rotatable bonds is 5. The Morgan fingerprint density at radius 3 is 2.58 bits per heavy atom. The van der Waals surface area contributed by atoms with Crippen molar-refractivity contribution in [3.8, 4) is 11.5 Å². The zero-order valence-corrected chi connectivity index (χ0v) is 13.2. The minimum Gasteiger partial charge on any atom is -0.497 e. The van der Waals surface area contributed by atoms with E-state index < -0.39 is 0 Å². The highest BCUT2D eigenvalue weighted by Crippen LogP contribution is 2.23. The minimum atomic E-state index is 0.672. The Balaban J connectivity index is 1.71. The highest BCUT2D eigenvalue weighted by molar-refractivity contribution is 9.09. The van der Waals surface area contributed by atoms with Gasteiger partial charge < -0.3 is 9.47 Å². The number of methoxy groups -OCH3 is 1. The number of hydrogen-bond acceptors (Lipinski definition) is 3. The van der Waals surface area contributed by atoms with E-state index >= 15 is 0 Å². The number of ether oxygens (including phenoxy) is 2. The van der Waals surface area contributed by atoms with Crippen molar-refractivity contribution in [3.05, 3.63) is 24.3 Å². The van der Waals surface area contributed by atoms with Gasteiger partial charge >= 0.3 is 0 Å². The summed E-state index contributed by atoms with van der Waals surface area (Å²) >= 11 is 3.73. The molecular formula is C15H22BrNO2. The first-order valence-electron chi connectivity index (χ1n) is 6.82. The summed E-state index contributed by atoms with van der Waals surface area (Å²) in [5.74, 6) is 2.49. The Kier molecular flexibility index (Phi) is 5.52. The molecule has 1 aliphatic rings.